The molecule has 0 aromatic heterocycles. The summed E-state index contributed by atoms with van der Waals surface area (Å²) >= 11 is 0. The number of rotatable bonds is 8. The minimum atomic E-state index is -0.228. The molecule has 0 radical (unpaired) electrons. The second-order valence-electron chi connectivity index (χ2n) is 5.03. The molecule has 0 unspecified atom stereocenters. The van der Waals surface area contributed by atoms with Gasteiger partial charge in [-0.2, -0.15) is 0 Å². The summed E-state index contributed by atoms with van der Waals surface area (Å²) in [5, 5.41) is 3.09. The maximum atomic E-state index is 13.5. The molecule has 2 rings (SSSR count). The lowest BCUT2D eigenvalue weighted by molar-refractivity contribution is 0.306. The summed E-state index contributed by atoms with van der Waals surface area (Å²) in [6, 6.07) is 14.6. The van der Waals surface area contributed by atoms with E-state index in [1.54, 1.807) is 12.1 Å². The second kappa shape index (κ2) is 8.30. The Balaban J connectivity index is 1.81. The van der Waals surface area contributed by atoms with Crippen LogP contribution in [0.2, 0.25) is 0 Å². The molecule has 0 saturated heterocycles. The maximum absolute atomic E-state index is 13.5. The molecule has 3 heteroatoms. The Hall–Kier alpha value is -2.03. The van der Waals surface area contributed by atoms with Gasteiger partial charge in [-0.15, -0.1) is 0 Å². The number of hydrogen-bond donors (Lipinski definition) is 1. The average Bonchev–Trinajstić information content (AvgIpc) is 2.52. The summed E-state index contributed by atoms with van der Waals surface area (Å²) in [4.78, 5) is 0. The summed E-state index contributed by atoms with van der Waals surface area (Å²) in [5.74, 6) is 0.661. The molecule has 0 aliphatic rings. The number of ether oxygens (including phenoxy) is 1. The molecule has 0 fully saturated rings. The number of hydrogen-bond acceptors (Lipinski definition) is 2. The lowest BCUT2D eigenvalue weighted by Crippen LogP contribution is -2.01. The van der Waals surface area contributed by atoms with Gasteiger partial charge in [-0.25, -0.2) is 4.39 Å². The Labute approximate surface area is 126 Å². The first-order valence-electron chi connectivity index (χ1n) is 7.49. The van der Waals surface area contributed by atoms with Crippen molar-refractivity contribution in [1.29, 1.82) is 0 Å². The Kier molecular flexibility index (Phi) is 6.07. The minimum absolute atomic E-state index is 0.228. The van der Waals surface area contributed by atoms with Crippen molar-refractivity contribution in [2.24, 2.45) is 0 Å². The van der Waals surface area contributed by atoms with Crippen LogP contribution in [0.25, 0.3) is 0 Å². The SMILES string of the molecule is CCCCCOc1ccc(CNc2ccccc2F)cc1. The molecule has 0 aliphatic carbocycles. The van der Waals surface area contributed by atoms with Gasteiger partial charge in [0.15, 0.2) is 0 Å². The largest absolute Gasteiger partial charge is 0.494 e. The predicted molar refractivity (Wildman–Crippen MR) is 85.2 cm³/mol. The molecule has 0 atom stereocenters. The van der Waals surface area contributed by atoms with Gasteiger partial charge in [0.25, 0.3) is 0 Å². The van der Waals surface area contributed by atoms with E-state index in [9.17, 15) is 4.39 Å². The standard InChI is InChI=1S/C18H22FNO/c1-2-3-6-13-21-16-11-9-15(10-12-16)14-20-18-8-5-4-7-17(18)19/h4-5,7-12,20H,2-3,6,13-14H2,1H3. The van der Waals surface area contributed by atoms with Crippen LogP contribution in [0.3, 0.4) is 0 Å². The topological polar surface area (TPSA) is 21.3 Å². The van der Waals surface area contributed by atoms with Crippen molar-refractivity contribution in [1.82, 2.24) is 0 Å². The summed E-state index contributed by atoms with van der Waals surface area (Å²) in [6.07, 6.45) is 3.49. The van der Waals surface area contributed by atoms with Crippen LogP contribution in [-0.4, -0.2) is 6.61 Å². The molecular weight excluding hydrogens is 265 g/mol. The van der Waals surface area contributed by atoms with E-state index in [1.807, 2.05) is 30.3 Å². The summed E-state index contributed by atoms with van der Waals surface area (Å²) in [7, 11) is 0. The van der Waals surface area contributed by atoms with Crippen LogP contribution in [0.5, 0.6) is 5.75 Å². The van der Waals surface area contributed by atoms with Crippen LogP contribution < -0.4 is 10.1 Å². The van der Waals surface area contributed by atoms with E-state index in [0.717, 1.165) is 24.3 Å². The molecule has 0 heterocycles. The number of anilines is 1. The molecule has 112 valence electrons. The minimum Gasteiger partial charge on any atom is -0.494 e. The third-order valence-corrected chi connectivity index (χ3v) is 3.30. The highest BCUT2D eigenvalue weighted by Gasteiger charge is 2.00. The zero-order valence-electron chi connectivity index (χ0n) is 12.4. The number of benzene rings is 2. The number of para-hydroxylation sites is 1. The van der Waals surface area contributed by atoms with Crippen LogP contribution >= 0.6 is 0 Å². The normalized spacial score (nSPS) is 10.4. The summed E-state index contributed by atoms with van der Waals surface area (Å²) in [5.41, 5.74) is 1.62. The highest BCUT2D eigenvalue weighted by Crippen LogP contribution is 2.16. The average molecular weight is 287 g/mol. The smallest absolute Gasteiger partial charge is 0.146 e. The third-order valence-electron chi connectivity index (χ3n) is 3.30. The molecule has 0 aliphatic heterocycles. The Morgan fingerprint density at radius 2 is 1.76 bits per heavy atom. The Morgan fingerprint density at radius 1 is 1.00 bits per heavy atom. The zero-order chi connectivity index (χ0) is 14.9. The fraction of sp³-hybridized carbons (Fsp3) is 0.333. The molecule has 2 aromatic rings. The third kappa shape index (κ3) is 5.10. The predicted octanol–water partition coefficient (Wildman–Crippen LogP) is 5.01. The van der Waals surface area contributed by atoms with E-state index in [2.05, 4.69) is 12.2 Å². The van der Waals surface area contributed by atoms with Crippen molar-refractivity contribution in [3.63, 3.8) is 0 Å². The van der Waals surface area contributed by atoms with Crippen molar-refractivity contribution in [3.05, 3.63) is 59.9 Å². The number of unbranched alkanes of at least 4 members (excludes halogenated alkanes) is 2. The summed E-state index contributed by atoms with van der Waals surface area (Å²) < 4.78 is 19.1. The molecule has 2 nitrogen and oxygen atoms in total. The van der Waals surface area contributed by atoms with Gasteiger partial charge in [-0.05, 0) is 36.2 Å². The van der Waals surface area contributed by atoms with Gasteiger partial charge < -0.3 is 10.1 Å². The number of nitrogens with one attached hydrogen (secondary N) is 1. The molecule has 0 saturated carbocycles. The van der Waals surface area contributed by atoms with Gasteiger partial charge in [0.1, 0.15) is 11.6 Å². The quantitative estimate of drug-likeness (QED) is 0.689. The van der Waals surface area contributed by atoms with E-state index in [1.165, 1.54) is 18.9 Å². The lowest BCUT2D eigenvalue weighted by Gasteiger charge is -2.09. The molecule has 2 aromatic carbocycles. The molecule has 0 bridgehead atoms. The van der Waals surface area contributed by atoms with Crippen LogP contribution in [0.15, 0.2) is 48.5 Å². The van der Waals surface area contributed by atoms with Gasteiger partial charge in [-0.3, -0.25) is 0 Å². The van der Waals surface area contributed by atoms with Crippen molar-refractivity contribution in [2.45, 2.75) is 32.7 Å². The fourth-order valence-electron chi connectivity index (χ4n) is 2.05. The van der Waals surface area contributed by atoms with Gasteiger partial charge >= 0.3 is 0 Å². The lowest BCUT2D eigenvalue weighted by atomic mass is 10.2. The van der Waals surface area contributed by atoms with Gasteiger partial charge in [0, 0.05) is 6.54 Å². The fourth-order valence-corrected chi connectivity index (χ4v) is 2.05. The number of halogens is 1. The first-order chi connectivity index (χ1) is 10.3. The van der Waals surface area contributed by atoms with Crippen LogP contribution in [-0.2, 0) is 6.54 Å². The van der Waals surface area contributed by atoms with E-state index >= 15 is 0 Å². The van der Waals surface area contributed by atoms with Crippen LogP contribution in [0.4, 0.5) is 10.1 Å². The van der Waals surface area contributed by atoms with Gasteiger partial charge in [0.05, 0.1) is 12.3 Å². The van der Waals surface area contributed by atoms with Crippen molar-refractivity contribution in [3.8, 4) is 5.75 Å². The molecule has 21 heavy (non-hydrogen) atoms. The van der Waals surface area contributed by atoms with E-state index in [0.29, 0.717) is 12.2 Å². The van der Waals surface area contributed by atoms with Crippen molar-refractivity contribution in [2.75, 3.05) is 11.9 Å². The maximum Gasteiger partial charge on any atom is 0.146 e. The van der Waals surface area contributed by atoms with E-state index in [-0.39, 0.29) is 5.82 Å². The highest BCUT2D eigenvalue weighted by atomic mass is 19.1. The molecule has 0 spiro atoms. The van der Waals surface area contributed by atoms with Gasteiger partial charge in [0.2, 0.25) is 0 Å². The summed E-state index contributed by atoms with van der Waals surface area (Å²) in [6.45, 7) is 3.54. The second-order valence-corrected chi connectivity index (χ2v) is 5.03. The van der Waals surface area contributed by atoms with E-state index in [4.69, 9.17) is 4.74 Å². The molecular formula is C18H22FNO. The Bertz CT molecular complexity index is 539. The van der Waals surface area contributed by atoms with E-state index < -0.39 is 0 Å². The zero-order valence-corrected chi connectivity index (χ0v) is 12.4. The van der Waals surface area contributed by atoms with Crippen LogP contribution in [0.1, 0.15) is 31.7 Å². The monoisotopic (exact) mass is 287 g/mol. The van der Waals surface area contributed by atoms with Crippen molar-refractivity contribution < 1.29 is 9.13 Å². The Morgan fingerprint density at radius 3 is 2.48 bits per heavy atom. The highest BCUT2D eigenvalue weighted by molar-refractivity contribution is 5.45. The first kappa shape index (κ1) is 15.4. The van der Waals surface area contributed by atoms with Crippen molar-refractivity contribution >= 4 is 5.69 Å². The molecule has 1 N–H and O–H groups in total. The van der Waals surface area contributed by atoms with Crippen LogP contribution in [0, 0.1) is 5.82 Å². The first-order valence-corrected chi connectivity index (χ1v) is 7.49. The molecule has 0 amide bonds. The van der Waals surface area contributed by atoms with Gasteiger partial charge in [-0.1, -0.05) is 44.0 Å².